The summed E-state index contributed by atoms with van der Waals surface area (Å²) in [7, 11) is 0. The normalized spacial score (nSPS) is 10.4. The molecule has 0 N–H and O–H groups in total. The van der Waals surface area contributed by atoms with Crippen molar-refractivity contribution in [2.24, 2.45) is 0 Å². The van der Waals surface area contributed by atoms with E-state index in [9.17, 15) is 13.6 Å². The Bertz CT molecular complexity index is 603. The highest BCUT2D eigenvalue weighted by Crippen LogP contribution is 2.10. The van der Waals surface area contributed by atoms with Gasteiger partial charge in [-0.3, -0.25) is 0 Å². The third-order valence-electron chi connectivity index (χ3n) is 3.54. The van der Waals surface area contributed by atoms with Gasteiger partial charge < -0.3 is 9.47 Å². The molecule has 0 aliphatic carbocycles. The third kappa shape index (κ3) is 5.99. The molecule has 0 fully saturated rings. The highest BCUT2D eigenvalue weighted by Gasteiger charge is 2.06. The van der Waals surface area contributed by atoms with Crippen LogP contribution >= 0.6 is 0 Å². The zero-order valence-electron chi connectivity index (χ0n) is 13.3. The summed E-state index contributed by atoms with van der Waals surface area (Å²) in [5, 5.41) is 0. The lowest BCUT2D eigenvalue weighted by Crippen LogP contribution is -2.10. The second kappa shape index (κ2) is 9.65. The Morgan fingerprint density at radius 1 is 0.750 bits per heavy atom. The van der Waals surface area contributed by atoms with Crippen molar-refractivity contribution in [3.8, 4) is 0 Å². The van der Waals surface area contributed by atoms with Crippen LogP contribution in [0.3, 0.4) is 0 Å². The van der Waals surface area contributed by atoms with E-state index in [2.05, 4.69) is 0 Å². The summed E-state index contributed by atoms with van der Waals surface area (Å²) < 4.78 is 36.6. The molecule has 0 amide bonds. The second-order valence-corrected chi connectivity index (χ2v) is 5.34. The first-order valence-electron chi connectivity index (χ1n) is 7.93. The van der Waals surface area contributed by atoms with Crippen molar-refractivity contribution in [3.63, 3.8) is 0 Å². The first-order chi connectivity index (χ1) is 11.7. The van der Waals surface area contributed by atoms with Gasteiger partial charge in [0, 0.05) is 0 Å². The van der Waals surface area contributed by atoms with Gasteiger partial charge in [-0.2, -0.15) is 0 Å². The summed E-state index contributed by atoms with van der Waals surface area (Å²) in [5.74, 6) is -0.513. The molecule has 0 unspecified atom stereocenters. The van der Waals surface area contributed by atoms with E-state index in [1.807, 2.05) is 0 Å². The average molecular weight is 334 g/mol. The highest BCUT2D eigenvalue weighted by atomic mass is 19.1. The fourth-order valence-corrected chi connectivity index (χ4v) is 2.28. The predicted octanol–water partition coefficient (Wildman–Crippen LogP) is 4.68. The molecule has 0 radical (unpaired) electrons. The minimum absolute atomic E-state index is 0.167. The van der Waals surface area contributed by atoms with E-state index in [-0.39, 0.29) is 24.8 Å². The Labute approximate surface area is 140 Å². The maximum atomic E-state index is 13.4. The molecule has 128 valence electrons. The highest BCUT2D eigenvalue weighted by molar-refractivity contribution is 5.59. The molecule has 0 bridgehead atoms. The third-order valence-corrected chi connectivity index (χ3v) is 3.54. The molecule has 0 saturated heterocycles. The molecular weight excluding hydrogens is 314 g/mol. The van der Waals surface area contributed by atoms with E-state index >= 15 is 0 Å². The number of halogens is 2. The van der Waals surface area contributed by atoms with Gasteiger partial charge in [0.1, 0.15) is 11.6 Å². The van der Waals surface area contributed by atoms with Gasteiger partial charge in [0.05, 0.1) is 13.2 Å². The SMILES string of the molecule is O=C(OCCCc1ccccc1F)OCCCc1ccccc1F. The van der Waals surface area contributed by atoms with Crippen LogP contribution in [0.1, 0.15) is 24.0 Å². The van der Waals surface area contributed by atoms with Crippen LogP contribution < -0.4 is 0 Å². The minimum Gasteiger partial charge on any atom is -0.434 e. The monoisotopic (exact) mass is 334 g/mol. The van der Waals surface area contributed by atoms with Crippen LogP contribution in [0.25, 0.3) is 0 Å². The molecule has 0 heterocycles. The van der Waals surface area contributed by atoms with Gasteiger partial charge in [0.2, 0.25) is 0 Å². The molecule has 0 aromatic heterocycles. The number of aryl methyl sites for hydroxylation is 2. The van der Waals surface area contributed by atoms with Crippen molar-refractivity contribution in [1.82, 2.24) is 0 Å². The molecule has 3 nitrogen and oxygen atoms in total. The Morgan fingerprint density at radius 2 is 1.17 bits per heavy atom. The lowest BCUT2D eigenvalue weighted by atomic mass is 10.1. The maximum absolute atomic E-state index is 13.4. The number of ether oxygens (including phenoxy) is 2. The van der Waals surface area contributed by atoms with Gasteiger partial charge in [0.15, 0.2) is 0 Å². The Kier molecular flexibility index (Phi) is 7.21. The van der Waals surface area contributed by atoms with E-state index in [4.69, 9.17) is 9.47 Å². The predicted molar refractivity (Wildman–Crippen MR) is 86.7 cm³/mol. The molecular formula is C19H20F2O3. The standard InChI is InChI=1S/C19H20F2O3/c20-17-11-3-1-7-15(17)9-5-13-23-19(22)24-14-6-10-16-8-2-4-12-18(16)21/h1-4,7-8,11-12H,5-6,9-10,13-14H2. The van der Waals surface area contributed by atoms with Gasteiger partial charge in [-0.15, -0.1) is 0 Å². The summed E-state index contributed by atoms with van der Waals surface area (Å²) in [6.07, 6.45) is 1.27. The van der Waals surface area contributed by atoms with Gasteiger partial charge in [0.25, 0.3) is 0 Å². The summed E-state index contributed by atoms with van der Waals surface area (Å²) in [5.41, 5.74) is 1.19. The molecule has 2 aromatic carbocycles. The van der Waals surface area contributed by atoms with Crippen molar-refractivity contribution in [2.75, 3.05) is 13.2 Å². The zero-order valence-corrected chi connectivity index (χ0v) is 13.3. The molecule has 5 heteroatoms. The van der Waals surface area contributed by atoms with Crippen LogP contribution in [0.15, 0.2) is 48.5 Å². The van der Waals surface area contributed by atoms with Gasteiger partial charge >= 0.3 is 6.16 Å². The summed E-state index contributed by atoms with van der Waals surface area (Å²) in [6.45, 7) is 0.334. The second-order valence-electron chi connectivity index (χ2n) is 5.34. The zero-order chi connectivity index (χ0) is 17.2. The number of carbonyl (C=O) groups is 1. The van der Waals surface area contributed by atoms with E-state index in [0.29, 0.717) is 36.8 Å². The van der Waals surface area contributed by atoms with Gasteiger partial charge in [-0.25, -0.2) is 13.6 Å². The van der Waals surface area contributed by atoms with Crippen molar-refractivity contribution in [1.29, 1.82) is 0 Å². The minimum atomic E-state index is -0.753. The topological polar surface area (TPSA) is 35.5 Å². The number of benzene rings is 2. The molecule has 24 heavy (non-hydrogen) atoms. The number of hydrogen-bond donors (Lipinski definition) is 0. The quantitative estimate of drug-likeness (QED) is 0.519. The van der Waals surface area contributed by atoms with Crippen molar-refractivity contribution in [2.45, 2.75) is 25.7 Å². The lowest BCUT2D eigenvalue weighted by Gasteiger charge is -2.07. The van der Waals surface area contributed by atoms with E-state index < -0.39 is 6.16 Å². The Morgan fingerprint density at radius 3 is 1.58 bits per heavy atom. The molecule has 0 spiro atoms. The van der Waals surface area contributed by atoms with Crippen molar-refractivity contribution < 1.29 is 23.0 Å². The van der Waals surface area contributed by atoms with E-state index in [0.717, 1.165) is 0 Å². The number of rotatable bonds is 8. The van der Waals surface area contributed by atoms with Crippen LogP contribution in [0.2, 0.25) is 0 Å². The molecule has 0 aliphatic heterocycles. The number of hydrogen-bond acceptors (Lipinski definition) is 3. The number of carbonyl (C=O) groups excluding carboxylic acids is 1. The van der Waals surface area contributed by atoms with Gasteiger partial charge in [-0.05, 0) is 48.9 Å². The summed E-state index contributed by atoms with van der Waals surface area (Å²) in [4.78, 5) is 11.4. The average Bonchev–Trinajstić information content (AvgIpc) is 2.58. The largest absolute Gasteiger partial charge is 0.508 e. The van der Waals surface area contributed by atoms with Crippen LogP contribution in [-0.2, 0) is 22.3 Å². The summed E-state index contributed by atoms with van der Waals surface area (Å²) in [6, 6.07) is 13.0. The lowest BCUT2D eigenvalue weighted by molar-refractivity contribution is 0.0538. The molecule has 2 aromatic rings. The summed E-state index contributed by atoms with van der Waals surface area (Å²) >= 11 is 0. The Balaban J connectivity index is 1.55. The first-order valence-corrected chi connectivity index (χ1v) is 7.93. The molecule has 0 aliphatic rings. The van der Waals surface area contributed by atoms with Gasteiger partial charge in [-0.1, -0.05) is 36.4 Å². The van der Waals surface area contributed by atoms with Crippen LogP contribution in [-0.4, -0.2) is 19.4 Å². The van der Waals surface area contributed by atoms with Crippen LogP contribution in [0, 0.1) is 11.6 Å². The van der Waals surface area contributed by atoms with Crippen molar-refractivity contribution in [3.05, 3.63) is 71.3 Å². The molecule has 0 saturated carbocycles. The Hall–Kier alpha value is -2.43. The molecule has 0 atom stereocenters. The maximum Gasteiger partial charge on any atom is 0.508 e. The smallest absolute Gasteiger partial charge is 0.434 e. The van der Waals surface area contributed by atoms with E-state index in [1.54, 1.807) is 36.4 Å². The van der Waals surface area contributed by atoms with Crippen LogP contribution in [0.4, 0.5) is 13.6 Å². The fraction of sp³-hybridized carbons (Fsp3) is 0.316. The fourth-order valence-electron chi connectivity index (χ4n) is 2.28. The van der Waals surface area contributed by atoms with Crippen molar-refractivity contribution >= 4 is 6.16 Å². The molecule has 2 rings (SSSR count). The first kappa shape index (κ1) is 17.9. The van der Waals surface area contributed by atoms with Crippen LogP contribution in [0.5, 0.6) is 0 Å². The van der Waals surface area contributed by atoms with E-state index in [1.165, 1.54) is 12.1 Å².